The van der Waals surface area contributed by atoms with Crippen molar-refractivity contribution in [2.24, 2.45) is 0 Å². The van der Waals surface area contributed by atoms with Crippen LogP contribution in [-0.4, -0.2) is 16.0 Å². The lowest BCUT2D eigenvalue weighted by Gasteiger charge is -2.20. The molecule has 1 aliphatic heterocycles. The molecule has 0 fully saturated rings. The lowest BCUT2D eigenvalue weighted by Crippen LogP contribution is -2.23. The van der Waals surface area contributed by atoms with Gasteiger partial charge in [0.05, 0.1) is 0 Å². The normalized spacial score (nSPS) is 15.7. The van der Waals surface area contributed by atoms with Crippen LogP contribution in [0.3, 0.4) is 0 Å². The summed E-state index contributed by atoms with van der Waals surface area (Å²) in [6, 6.07) is 19.6. The lowest BCUT2D eigenvalue weighted by molar-refractivity contribution is 0.260. The number of para-hydroxylation sites is 1. The van der Waals surface area contributed by atoms with E-state index in [0.717, 1.165) is 19.6 Å². The molecule has 0 amide bonds. The first kappa shape index (κ1) is 13.6. The molecule has 0 spiro atoms. The molecular formula is C20H22N2. The third-order valence-corrected chi connectivity index (χ3v) is 4.84. The van der Waals surface area contributed by atoms with E-state index in [1.165, 1.54) is 40.7 Å². The molecular weight excluding hydrogens is 268 g/mol. The summed E-state index contributed by atoms with van der Waals surface area (Å²) in [4.78, 5) is 2.58. The number of aryl methyl sites for hydroxylation is 2. The standard InChI is InChI=1S/C20H22N2/c1-16-18-10-5-6-11-19(18)22-13-7-12-21(15-20(16)22)14-17-8-3-2-4-9-17/h2-6,8-11H,7,12-15H2,1H3. The topological polar surface area (TPSA) is 8.17 Å². The van der Waals surface area contributed by atoms with Gasteiger partial charge in [-0.15, -0.1) is 0 Å². The van der Waals surface area contributed by atoms with Crippen molar-refractivity contribution in [2.45, 2.75) is 33.0 Å². The van der Waals surface area contributed by atoms with Crippen LogP contribution >= 0.6 is 0 Å². The molecule has 0 saturated carbocycles. The van der Waals surface area contributed by atoms with Crippen molar-refractivity contribution in [3.63, 3.8) is 0 Å². The molecule has 2 aromatic carbocycles. The highest BCUT2D eigenvalue weighted by atomic mass is 15.2. The smallest absolute Gasteiger partial charge is 0.0485 e. The van der Waals surface area contributed by atoms with Crippen LogP contribution in [0.15, 0.2) is 54.6 Å². The highest BCUT2D eigenvalue weighted by molar-refractivity contribution is 5.85. The minimum absolute atomic E-state index is 1.04. The van der Waals surface area contributed by atoms with Crippen LogP contribution in [0.25, 0.3) is 10.9 Å². The summed E-state index contributed by atoms with van der Waals surface area (Å²) in [6.07, 6.45) is 1.22. The van der Waals surface area contributed by atoms with Crippen molar-refractivity contribution in [3.8, 4) is 0 Å². The minimum Gasteiger partial charge on any atom is -0.343 e. The molecule has 3 aromatic rings. The molecule has 112 valence electrons. The summed E-state index contributed by atoms with van der Waals surface area (Å²) in [6.45, 7) is 6.68. The van der Waals surface area contributed by atoms with Gasteiger partial charge in [0.15, 0.2) is 0 Å². The molecule has 1 aliphatic rings. The summed E-state index contributed by atoms with van der Waals surface area (Å²) in [5.74, 6) is 0. The van der Waals surface area contributed by atoms with Crippen molar-refractivity contribution in [1.82, 2.24) is 9.47 Å². The molecule has 1 aromatic heterocycles. The molecule has 0 saturated heterocycles. The molecule has 2 heterocycles. The third kappa shape index (κ3) is 2.34. The molecule has 0 atom stereocenters. The third-order valence-electron chi connectivity index (χ3n) is 4.84. The fourth-order valence-electron chi connectivity index (χ4n) is 3.71. The van der Waals surface area contributed by atoms with Gasteiger partial charge in [-0.2, -0.15) is 0 Å². The number of rotatable bonds is 2. The number of hydrogen-bond donors (Lipinski definition) is 0. The Morgan fingerprint density at radius 1 is 0.909 bits per heavy atom. The van der Waals surface area contributed by atoms with Gasteiger partial charge in [0.2, 0.25) is 0 Å². The van der Waals surface area contributed by atoms with Crippen molar-refractivity contribution in [1.29, 1.82) is 0 Å². The van der Waals surface area contributed by atoms with Gasteiger partial charge in [0.25, 0.3) is 0 Å². The molecule has 2 nitrogen and oxygen atoms in total. The van der Waals surface area contributed by atoms with Crippen LogP contribution in [0.2, 0.25) is 0 Å². The van der Waals surface area contributed by atoms with E-state index in [1.807, 2.05) is 0 Å². The Kier molecular flexibility index (Phi) is 3.47. The first-order valence-corrected chi connectivity index (χ1v) is 8.16. The molecule has 0 unspecified atom stereocenters. The van der Waals surface area contributed by atoms with E-state index in [-0.39, 0.29) is 0 Å². The van der Waals surface area contributed by atoms with Crippen LogP contribution in [-0.2, 0) is 19.6 Å². The Morgan fingerprint density at radius 2 is 1.68 bits per heavy atom. The van der Waals surface area contributed by atoms with Gasteiger partial charge in [-0.3, -0.25) is 4.90 Å². The van der Waals surface area contributed by atoms with E-state index in [0.29, 0.717) is 0 Å². The van der Waals surface area contributed by atoms with Gasteiger partial charge < -0.3 is 4.57 Å². The maximum absolute atomic E-state index is 2.58. The number of nitrogens with zero attached hydrogens (tertiary/aromatic N) is 2. The quantitative estimate of drug-likeness (QED) is 0.681. The van der Waals surface area contributed by atoms with Crippen LogP contribution in [0.4, 0.5) is 0 Å². The summed E-state index contributed by atoms with van der Waals surface area (Å²) in [5, 5.41) is 1.42. The monoisotopic (exact) mass is 290 g/mol. The van der Waals surface area contributed by atoms with Gasteiger partial charge in [0, 0.05) is 42.8 Å². The minimum atomic E-state index is 1.04. The first-order chi connectivity index (χ1) is 10.8. The van der Waals surface area contributed by atoms with Crippen LogP contribution in [0.5, 0.6) is 0 Å². The van der Waals surface area contributed by atoms with Crippen molar-refractivity contribution in [3.05, 3.63) is 71.4 Å². The Bertz CT molecular complexity index is 786. The summed E-state index contributed by atoms with van der Waals surface area (Å²) in [7, 11) is 0. The molecule has 22 heavy (non-hydrogen) atoms. The number of aromatic nitrogens is 1. The SMILES string of the molecule is Cc1c2n(c3ccccc13)CCCN(Cc1ccccc1)C2. The summed E-state index contributed by atoms with van der Waals surface area (Å²) in [5.41, 5.74) is 5.76. The Balaban J connectivity index is 1.68. The van der Waals surface area contributed by atoms with Crippen LogP contribution < -0.4 is 0 Å². The highest BCUT2D eigenvalue weighted by Gasteiger charge is 2.19. The fraction of sp³-hybridized carbons (Fsp3) is 0.300. The largest absolute Gasteiger partial charge is 0.343 e. The average Bonchev–Trinajstić information content (AvgIpc) is 2.72. The summed E-state index contributed by atoms with van der Waals surface area (Å²) >= 11 is 0. The van der Waals surface area contributed by atoms with Gasteiger partial charge in [-0.1, -0.05) is 48.5 Å². The second-order valence-corrected chi connectivity index (χ2v) is 6.29. The predicted octanol–water partition coefficient (Wildman–Crippen LogP) is 4.36. The van der Waals surface area contributed by atoms with Crippen molar-refractivity contribution in [2.75, 3.05) is 6.54 Å². The first-order valence-electron chi connectivity index (χ1n) is 8.16. The lowest BCUT2D eigenvalue weighted by atomic mass is 10.1. The Hall–Kier alpha value is -2.06. The van der Waals surface area contributed by atoms with Gasteiger partial charge in [-0.25, -0.2) is 0 Å². The Morgan fingerprint density at radius 3 is 2.55 bits per heavy atom. The maximum atomic E-state index is 2.58. The zero-order chi connectivity index (χ0) is 14.9. The van der Waals surface area contributed by atoms with Crippen LogP contribution in [0.1, 0.15) is 23.2 Å². The molecule has 4 rings (SSSR count). The molecule has 0 radical (unpaired) electrons. The van der Waals surface area contributed by atoms with Crippen LogP contribution in [0, 0.1) is 6.92 Å². The zero-order valence-corrected chi connectivity index (χ0v) is 13.1. The number of hydrogen-bond acceptors (Lipinski definition) is 1. The number of fused-ring (bicyclic) bond motifs is 3. The van der Waals surface area contributed by atoms with Crippen molar-refractivity contribution >= 4 is 10.9 Å². The van der Waals surface area contributed by atoms with Gasteiger partial charge in [-0.05, 0) is 30.5 Å². The summed E-state index contributed by atoms with van der Waals surface area (Å²) < 4.78 is 2.54. The van der Waals surface area contributed by atoms with Gasteiger partial charge in [0.1, 0.15) is 0 Å². The second-order valence-electron chi connectivity index (χ2n) is 6.29. The number of benzene rings is 2. The molecule has 2 heteroatoms. The molecule has 0 N–H and O–H groups in total. The maximum Gasteiger partial charge on any atom is 0.0485 e. The van der Waals surface area contributed by atoms with E-state index in [4.69, 9.17) is 0 Å². The van der Waals surface area contributed by atoms with E-state index in [9.17, 15) is 0 Å². The highest BCUT2D eigenvalue weighted by Crippen LogP contribution is 2.29. The van der Waals surface area contributed by atoms with E-state index < -0.39 is 0 Å². The predicted molar refractivity (Wildman–Crippen MR) is 91.8 cm³/mol. The zero-order valence-electron chi connectivity index (χ0n) is 13.1. The van der Waals surface area contributed by atoms with E-state index in [2.05, 4.69) is 71.0 Å². The molecule has 0 aliphatic carbocycles. The Labute approximate surface area is 132 Å². The fourth-order valence-corrected chi connectivity index (χ4v) is 3.71. The second kappa shape index (κ2) is 5.62. The van der Waals surface area contributed by atoms with Crippen molar-refractivity contribution < 1.29 is 0 Å². The molecule has 0 bridgehead atoms. The van der Waals surface area contributed by atoms with Gasteiger partial charge >= 0.3 is 0 Å². The van der Waals surface area contributed by atoms with E-state index >= 15 is 0 Å². The average molecular weight is 290 g/mol. The van der Waals surface area contributed by atoms with E-state index in [1.54, 1.807) is 0 Å².